The molecule has 2 aromatic carbocycles. The summed E-state index contributed by atoms with van der Waals surface area (Å²) in [5.74, 6) is -3.58. The first-order chi connectivity index (χ1) is 17.7. The van der Waals surface area contributed by atoms with Crippen LogP contribution in [0.15, 0.2) is 66.2 Å². The number of carbonyl (C=O) groups is 4. The summed E-state index contributed by atoms with van der Waals surface area (Å²) in [6.45, 7) is 12.3. The lowest BCUT2D eigenvalue weighted by Crippen LogP contribution is -2.58. The molecule has 4 atom stereocenters. The lowest BCUT2D eigenvalue weighted by atomic mass is 9.53. The molecule has 0 saturated carbocycles. The van der Waals surface area contributed by atoms with Crippen molar-refractivity contribution in [3.8, 4) is 0 Å². The molecule has 200 valence electrons. The van der Waals surface area contributed by atoms with Crippen molar-refractivity contribution in [2.45, 2.75) is 71.0 Å². The number of para-hydroxylation sites is 1. The van der Waals surface area contributed by atoms with Crippen LogP contribution < -0.4 is 4.90 Å². The highest BCUT2D eigenvalue weighted by Crippen LogP contribution is 2.60. The zero-order chi connectivity index (χ0) is 28.0. The quantitative estimate of drug-likeness (QED) is 0.382. The largest absolute Gasteiger partial charge is 0.460 e. The van der Waals surface area contributed by atoms with Crippen LogP contribution in [0.2, 0.25) is 0 Å². The first kappa shape index (κ1) is 27.3. The molecule has 2 amide bonds. The predicted molar refractivity (Wildman–Crippen MR) is 144 cm³/mol. The maximum Gasteiger partial charge on any atom is 0.421 e. The summed E-state index contributed by atoms with van der Waals surface area (Å²) >= 11 is 0. The van der Waals surface area contributed by atoms with Gasteiger partial charge in [0, 0.05) is 5.92 Å². The molecule has 2 aromatic rings. The van der Waals surface area contributed by atoms with E-state index in [-0.39, 0.29) is 0 Å². The zero-order valence-corrected chi connectivity index (χ0v) is 23.0. The van der Waals surface area contributed by atoms with Crippen LogP contribution in [-0.4, -0.2) is 35.5 Å². The van der Waals surface area contributed by atoms with E-state index in [9.17, 15) is 19.2 Å². The van der Waals surface area contributed by atoms with E-state index in [1.165, 1.54) is 0 Å². The minimum Gasteiger partial charge on any atom is -0.460 e. The van der Waals surface area contributed by atoms with Crippen molar-refractivity contribution >= 4 is 29.9 Å². The Bertz CT molecular complexity index is 1300. The van der Waals surface area contributed by atoms with Gasteiger partial charge in [-0.1, -0.05) is 61.5 Å². The van der Waals surface area contributed by atoms with Gasteiger partial charge in [-0.25, -0.2) is 9.69 Å². The smallest absolute Gasteiger partial charge is 0.421 e. The van der Waals surface area contributed by atoms with E-state index >= 15 is 0 Å². The molecule has 0 unspecified atom stereocenters. The van der Waals surface area contributed by atoms with E-state index in [0.717, 1.165) is 11.2 Å². The van der Waals surface area contributed by atoms with E-state index in [1.807, 2.05) is 30.3 Å². The third kappa shape index (κ3) is 4.55. The molecule has 1 aliphatic heterocycles. The fraction of sp³-hybridized carbons (Fsp3) is 0.419. The third-order valence-corrected chi connectivity index (χ3v) is 6.91. The van der Waals surface area contributed by atoms with Crippen LogP contribution in [0.25, 0.3) is 0 Å². The summed E-state index contributed by atoms with van der Waals surface area (Å²) in [5, 5.41) is 0. The van der Waals surface area contributed by atoms with Gasteiger partial charge in [0.05, 0.1) is 11.6 Å². The summed E-state index contributed by atoms with van der Waals surface area (Å²) in [6, 6.07) is 16.1. The highest BCUT2D eigenvalue weighted by Gasteiger charge is 2.67. The predicted octanol–water partition coefficient (Wildman–Crippen LogP) is 5.72. The van der Waals surface area contributed by atoms with Crippen molar-refractivity contribution in [1.29, 1.82) is 0 Å². The highest BCUT2D eigenvalue weighted by molar-refractivity contribution is 6.23. The average molecular weight is 518 g/mol. The number of anilines is 1. The molecule has 1 aliphatic carbocycles. The van der Waals surface area contributed by atoms with E-state index < -0.39 is 52.3 Å². The van der Waals surface area contributed by atoms with Gasteiger partial charge in [-0.15, -0.1) is 0 Å². The second-order valence-electron chi connectivity index (χ2n) is 12.0. The molecule has 0 radical (unpaired) electrons. The molecule has 7 nitrogen and oxygen atoms in total. The number of imide groups is 1. The van der Waals surface area contributed by atoms with Crippen LogP contribution in [0.3, 0.4) is 0 Å². The van der Waals surface area contributed by atoms with Crippen molar-refractivity contribution in [1.82, 2.24) is 0 Å². The molecular weight excluding hydrogens is 482 g/mol. The fourth-order valence-corrected chi connectivity index (χ4v) is 5.82. The zero-order valence-electron chi connectivity index (χ0n) is 23.0. The van der Waals surface area contributed by atoms with Gasteiger partial charge in [0.1, 0.15) is 22.9 Å². The van der Waals surface area contributed by atoms with E-state index in [1.54, 1.807) is 78.8 Å². The molecule has 0 bridgehead atoms. The van der Waals surface area contributed by atoms with Crippen LogP contribution >= 0.6 is 0 Å². The number of benzene rings is 2. The SMILES string of the molecule is C[C@H]1C=C(C=O)[C@@H](c2ccccc2)[C@]2(C(=O)N(C(=O)OC(C)(C)C)c3ccccc32)[C@@H]1C(=O)OC(C)(C)C. The molecule has 38 heavy (non-hydrogen) atoms. The Hall–Kier alpha value is -3.74. The number of aldehydes is 1. The molecule has 4 rings (SSSR count). The first-order valence-electron chi connectivity index (χ1n) is 12.8. The van der Waals surface area contributed by atoms with Crippen LogP contribution in [0.1, 0.15) is 65.5 Å². The number of esters is 1. The standard InChI is InChI=1S/C31H35NO6/c1-19-17-21(18-33)25(20-13-9-8-10-14-20)31(24(19)26(34)37-29(2,3)4)22-15-11-12-16-23(22)32(27(31)35)28(36)38-30(5,6)7/h8-19,24-25H,1-7H3/t19-,24-,25+,31+/m0/s1. The number of hydrogen-bond donors (Lipinski definition) is 0. The molecule has 0 N–H and O–H groups in total. The lowest BCUT2D eigenvalue weighted by Gasteiger charge is -2.47. The Morgan fingerprint density at radius 1 is 0.895 bits per heavy atom. The van der Waals surface area contributed by atoms with E-state index in [0.29, 0.717) is 22.4 Å². The Balaban J connectivity index is 2.07. The van der Waals surface area contributed by atoms with Crippen molar-refractivity contribution in [2.24, 2.45) is 11.8 Å². The van der Waals surface area contributed by atoms with Gasteiger partial charge in [-0.05, 0) is 70.2 Å². The minimum atomic E-state index is -1.62. The molecule has 0 fully saturated rings. The van der Waals surface area contributed by atoms with Crippen molar-refractivity contribution < 1.29 is 28.7 Å². The third-order valence-electron chi connectivity index (χ3n) is 6.91. The lowest BCUT2D eigenvalue weighted by molar-refractivity contribution is -0.167. The van der Waals surface area contributed by atoms with Crippen molar-refractivity contribution in [2.75, 3.05) is 4.90 Å². The molecule has 0 aromatic heterocycles. The topological polar surface area (TPSA) is 90.0 Å². The van der Waals surface area contributed by atoms with Crippen LogP contribution in [0, 0.1) is 11.8 Å². The Kier molecular flexibility index (Phi) is 6.85. The number of rotatable bonds is 3. The Morgan fingerprint density at radius 3 is 2.05 bits per heavy atom. The second-order valence-corrected chi connectivity index (χ2v) is 12.0. The Labute approximate surface area is 223 Å². The van der Waals surface area contributed by atoms with Crippen LogP contribution in [0.5, 0.6) is 0 Å². The highest BCUT2D eigenvalue weighted by atomic mass is 16.6. The Morgan fingerprint density at radius 2 is 1.47 bits per heavy atom. The molecule has 1 spiro atoms. The molecule has 2 aliphatic rings. The van der Waals surface area contributed by atoms with Gasteiger partial charge in [0.2, 0.25) is 5.91 Å². The number of amides is 2. The summed E-state index contributed by atoms with van der Waals surface area (Å²) in [6.07, 6.45) is 1.65. The number of allylic oxidation sites excluding steroid dienone is 2. The van der Waals surface area contributed by atoms with Crippen LogP contribution in [0.4, 0.5) is 10.5 Å². The average Bonchev–Trinajstić information content (AvgIpc) is 3.05. The van der Waals surface area contributed by atoms with Gasteiger partial charge in [-0.3, -0.25) is 14.4 Å². The summed E-state index contributed by atoms with van der Waals surface area (Å²) < 4.78 is 11.5. The number of ether oxygens (including phenoxy) is 2. The van der Waals surface area contributed by atoms with Gasteiger partial charge in [0.25, 0.3) is 0 Å². The summed E-state index contributed by atoms with van der Waals surface area (Å²) in [7, 11) is 0. The summed E-state index contributed by atoms with van der Waals surface area (Å²) in [5.41, 5.74) is -1.43. The number of fused-ring (bicyclic) bond motifs is 2. The van der Waals surface area contributed by atoms with Gasteiger partial charge >= 0.3 is 12.1 Å². The minimum absolute atomic E-state index is 0.334. The van der Waals surface area contributed by atoms with Gasteiger partial charge < -0.3 is 9.47 Å². The van der Waals surface area contributed by atoms with Crippen molar-refractivity contribution in [3.05, 3.63) is 77.4 Å². The first-order valence-corrected chi connectivity index (χ1v) is 12.8. The van der Waals surface area contributed by atoms with Crippen LogP contribution in [-0.2, 0) is 29.3 Å². The fourth-order valence-electron chi connectivity index (χ4n) is 5.82. The number of nitrogens with zero attached hydrogens (tertiary/aromatic N) is 1. The van der Waals surface area contributed by atoms with E-state index in [4.69, 9.17) is 9.47 Å². The van der Waals surface area contributed by atoms with E-state index in [2.05, 4.69) is 0 Å². The number of carbonyl (C=O) groups excluding carboxylic acids is 4. The van der Waals surface area contributed by atoms with Gasteiger partial charge in [0.15, 0.2) is 0 Å². The monoisotopic (exact) mass is 517 g/mol. The molecule has 1 heterocycles. The van der Waals surface area contributed by atoms with Gasteiger partial charge in [-0.2, -0.15) is 0 Å². The second kappa shape index (κ2) is 9.53. The maximum atomic E-state index is 14.8. The maximum absolute atomic E-state index is 14.8. The number of hydrogen-bond acceptors (Lipinski definition) is 6. The molecule has 7 heteroatoms. The normalized spacial score (nSPS) is 25.0. The summed E-state index contributed by atoms with van der Waals surface area (Å²) in [4.78, 5) is 55.9. The molecule has 0 saturated heterocycles. The van der Waals surface area contributed by atoms with Crippen molar-refractivity contribution in [3.63, 3.8) is 0 Å². The molecular formula is C31H35NO6.